The third-order valence-electron chi connectivity index (χ3n) is 5.93. The Labute approximate surface area is 204 Å². The van der Waals surface area contributed by atoms with Crippen LogP contribution in [0.1, 0.15) is 24.5 Å². The Balaban J connectivity index is 1.65. The summed E-state index contributed by atoms with van der Waals surface area (Å²) in [6.45, 7) is 4.36. The first-order chi connectivity index (χ1) is 16.5. The van der Waals surface area contributed by atoms with Gasteiger partial charge in [0.1, 0.15) is 11.2 Å². The second kappa shape index (κ2) is 9.23. The molecule has 0 unspecified atom stereocenters. The number of para-hydroxylation sites is 1. The SMILES string of the molecule is CCSc1nc2c(s1)c(=O)n(-c1ccc(C)cc1)c(=O)n2CC(=O)N1CCCc2ccccc21. The Bertz CT molecular complexity index is 1500. The lowest BCUT2D eigenvalue weighted by Crippen LogP contribution is -2.44. The molecule has 0 fully saturated rings. The number of thioether (sulfide) groups is 1. The van der Waals surface area contributed by atoms with E-state index in [4.69, 9.17) is 0 Å². The van der Waals surface area contributed by atoms with Crippen LogP contribution in [0.25, 0.3) is 16.0 Å². The molecular weight excluding hydrogens is 468 g/mol. The van der Waals surface area contributed by atoms with E-state index in [-0.39, 0.29) is 18.1 Å². The third kappa shape index (κ3) is 3.99. The van der Waals surface area contributed by atoms with Crippen LogP contribution in [0.3, 0.4) is 0 Å². The molecule has 0 saturated carbocycles. The monoisotopic (exact) mass is 492 g/mol. The molecule has 4 aromatic rings. The largest absolute Gasteiger partial charge is 0.337 e. The van der Waals surface area contributed by atoms with Crippen molar-refractivity contribution < 1.29 is 4.79 Å². The van der Waals surface area contributed by atoms with Crippen molar-refractivity contribution >= 4 is 45.0 Å². The Kier molecular flexibility index (Phi) is 6.14. The summed E-state index contributed by atoms with van der Waals surface area (Å²) in [5.74, 6) is 0.599. The van der Waals surface area contributed by atoms with E-state index in [1.165, 1.54) is 27.7 Å². The zero-order chi connectivity index (χ0) is 23.8. The molecule has 3 heterocycles. The predicted octanol–water partition coefficient (Wildman–Crippen LogP) is 4.01. The third-order valence-corrected chi connectivity index (χ3v) is 7.99. The summed E-state index contributed by atoms with van der Waals surface area (Å²) in [6, 6.07) is 15.1. The molecule has 0 bridgehead atoms. The van der Waals surface area contributed by atoms with Crippen molar-refractivity contribution in [3.63, 3.8) is 0 Å². The molecule has 0 radical (unpaired) electrons. The van der Waals surface area contributed by atoms with E-state index >= 15 is 0 Å². The van der Waals surface area contributed by atoms with Crippen molar-refractivity contribution in [1.82, 2.24) is 14.1 Å². The molecular formula is C25H24N4O3S2. The maximum absolute atomic E-state index is 13.6. The highest BCUT2D eigenvalue weighted by Gasteiger charge is 2.26. The van der Waals surface area contributed by atoms with Gasteiger partial charge in [0.15, 0.2) is 9.99 Å². The summed E-state index contributed by atoms with van der Waals surface area (Å²) in [6.07, 6.45) is 1.79. The minimum absolute atomic E-state index is 0.185. The molecule has 1 aliphatic heterocycles. The number of aromatic nitrogens is 3. The van der Waals surface area contributed by atoms with Gasteiger partial charge in [-0.15, -0.1) is 11.3 Å². The lowest BCUT2D eigenvalue weighted by Gasteiger charge is -2.29. The molecule has 0 atom stereocenters. The number of fused-ring (bicyclic) bond motifs is 2. The average Bonchev–Trinajstić information content (AvgIpc) is 3.27. The van der Waals surface area contributed by atoms with E-state index in [1.54, 1.807) is 17.0 Å². The Morgan fingerprint density at radius 1 is 1.12 bits per heavy atom. The van der Waals surface area contributed by atoms with Crippen molar-refractivity contribution in [2.75, 3.05) is 17.2 Å². The van der Waals surface area contributed by atoms with Crippen molar-refractivity contribution in [2.45, 2.75) is 37.6 Å². The average molecular weight is 493 g/mol. The van der Waals surface area contributed by atoms with Crippen molar-refractivity contribution in [1.29, 1.82) is 0 Å². The summed E-state index contributed by atoms with van der Waals surface area (Å²) in [7, 11) is 0. The van der Waals surface area contributed by atoms with E-state index in [0.717, 1.165) is 40.0 Å². The smallest absolute Gasteiger partial charge is 0.311 e. The number of thiazole rings is 1. The highest BCUT2D eigenvalue weighted by atomic mass is 32.2. The Morgan fingerprint density at radius 2 is 1.88 bits per heavy atom. The fourth-order valence-corrected chi connectivity index (χ4v) is 6.25. The second-order valence-electron chi connectivity index (χ2n) is 8.19. The molecule has 0 saturated heterocycles. The molecule has 9 heteroatoms. The Morgan fingerprint density at radius 3 is 2.65 bits per heavy atom. The van der Waals surface area contributed by atoms with Crippen LogP contribution in [0.15, 0.2) is 62.5 Å². The molecule has 0 N–H and O–H groups in total. The fourth-order valence-electron chi connectivity index (χ4n) is 4.28. The van der Waals surface area contributed by atoms with E-state index < -0.39 is 11.2 Å². The molecule has 2 aromatic heterocycles. The summed E-state index contributed by atoms with van der Waals surface area (Å²) >= 11 is 2.78. The quantitative estimate of drug-likeness (QED) is 0.394. The lowest BCUT2D eigenvalue weighted by atomic mass is 10.0. The number of hydrogen-bond acceptors (Lipinski definition) is 6. The van der Waals surface area contributed by atoms with Gasteiger partial charge in [-0.2, -0.15) is 0 Å². The zero-order valence-corrected chi connectivity index (χ0v) is 20.6. The van der Waals surface area contributed by atoms with Crippen LogP contribution in [0.4, 0.5) is 5.69 Å². The van der Waals surface area contributed by atoms with Gasteiger partial charge in [0.05, 0.1) is 5.69 Å². The second-order valence-corrected chi connectivity index (χ2v) is 10.7. The normalized spacial score (nSPS) is 13.3. The summed E-state index contributed by atoms with van der Waals surface area (Å²) in [5.41, 5.74) is 2.82. The van der Waals surface area contributed by atoms with E-state index in [1.807, 2.05) is 50.2 Å². The van der Waals surface area contributed by atoms with Crippen molar-refractivity contribution in [3.05, 3.63) is 80.5 Å². The standard InChI is InChI=1S/C25H24N4O3S2/c1-3-33-24-26-22-21(34-24)23(31)29(18-12-10-16(2)11-13-18)25(32)28(22)15-20(30)27-14-6-8-17-7-4-5-9-19(17)27/h4-5,7,9-13H,3,6,8,14-15H2,1-2H3. The molecule has 34 heavy (non-hydrogen) atoms. The number of aryl methyl sites for hydroxylation is 2. The number of hydrogen-bond donors (Lipinski definition) is 0. The van der Waals surface area contributed by atoms with Crippen molar-refractivity contribution in [2.24, 2.45) is 0 Å². The molecule has 1 aliphatic rings. The first kappa shape index (κ1) is 22.6. The first-order valence-electron chi connectivity index (χ1n) is 11.2. The molecule has 7 nitrogen and oxygen atoms in total. The van der Waals surface area contributed by atoms with Crippen LogP contribution in [0, 0.1) is 6.92 Å². The number of nitrogens with zero attached hydrogens (tertiary/aromatic N) is 4. The molecule has 2 aromatic carbocycles. The van der Waals surface area contributed by atoms with Crippen molar-refractivity contribution in [3.8, 4) is 5.69 Å². The van der Waals surface area contributed by atoms with Gasteiger partial charge in [0.2, 0.25) is 5.91 Å². The van der Waals surface area contributed by atoms with E-state index in [2.05, 4.69) is 4.98 Å². The number of benzene rings is 2. The minimum Gasteiger partial charge on any atom is -0.311 e. The van der Waals surface area contributed by atoms with Crippen LogP contribution < -0.4 is 16.1 Å². The number of carbonyl (C=O) groups excluding carboxylic acids is 1. The first-order valence-corrected chi connectivity index (χ1v) is 13.0. The maximum Gasteiger partial charge on any atom is 0.337 e. The molecule has 174 valence electrons. The zero-order valence-electron chi connectivity index (χ0n) is 19.0. The minimum atomic E-state index is -0.557. The van der Waals surface area contributed by atoms with Gasteiger partial charge in [-0.3, -0.25) is 14.2 Å². The summed E-state index contributed by atoms with van der Waals surface area (Å²) < 4.78 is 3.59. The van der Waals surface area contributed by atoms with Gasteiger partial charge >= 0.3 is 5.69 Å². The van der Waals surface area contributed by atoms with Gasteiger partial charge in [-0.1, -0.05) is 54.6 Å². The number of carbonyl (C=O) groups is 1. The van der Waals surface area contributed by atoms with Gasteiger partial charge in [-0.05, 0) is 49.3 Å². The summed E-state index contributed by atoms with van der Waals surface area (Å²) in [5, 5.41) is 0. The lowest BCUT2D eigenvalue weighted by molar-refractivity contribution is -0.119. The fraction of sp³-hybridized carbons (Fsp3) is 0.280. The van der Waals surface area contributed by atoms with Gasteiger partial charge in [0.25, 0.3) is 5.56 Å². The molecule has 0 aliphatic carbocycles. The maximum atomic E-state index is 13.6. The Hall–Kier alpha value is -3.17. The van der Waals surface area contributed by atoms with Gasteiger partial charge in [-0.25, -0.2) is 14.3 Å². The summed E-state index contributed by atoms with van der Waals surface area (Å²) in [4.78, 5) is 46.8. The van der Waals surface area contributed by atoms with E-state index in [9.17, 15) is 14.4 Å². The topological polar surface area (TPSA) is 77.2 Å². The van der Waals surface area contributed by atoms with Crippen LogP contribution in [-0.4, -0.2) is 32.3 Å². The highest BCUT2D eigenvalue weighted by molar-refractivity contribution is 8.01. The van der Waals surface area contributed by atoms with Crippen LogP contribution in [0.2, 0.25) is 0 Å². The van der Waals surface area contributed by atoms with Crippen LogP contribution in [-0.2, 0) is 17.8 Å². The molecule has 5 rings (SSSR count). The van der Waals surface area contributed by atoms with Gasteiger partial charge in [0, 0.05) is 12.2 Å². The molecule has 0 spiro atoms. The number of anilines is 1. The highest BCUT2D eigenvalue weighted by Crippen LogP contribution is 2.29. The van der Waals surface area contributed by atoms with Crippen LogP contribution >= 0.6 is 23.1 Å². The van der Waals surface area contributed by atoms with Gasteiger partial charge < -0.3 is 4.90 Å². The predicted molar refractivity (Wildman–Crippen MR) is 138 cm³/mol. The van der Waals surface area contributed by atoms with Crippen LogP contribution in [0.5, 0.6) is 0 Å². The number of rotatable bonds is 5. The molecule has 1 amide bonds. The number of amides is 1. The van der Waals surface area contributed by atoms with E-state index in [0.29, 0.717) is 21.3 Å².